The molecule has 0 aromatic carbocycles. The van der Waals surface area contributed by atoms with Crippen molar-refractivity contribution in [1.82, 2.24) is 0 Å². The Kier molecular flexibility index (Phi) is 3.09. The molecule has 0 aliphatic carbocycles. The van der Waals surface area contributed by atoms with E-state index in [1.165, 1.54) is 10.4 Å². The highest BCUT2D eigenvalue weighted by Gasteiger charge is 2.03. The minimum atomic E-state index is 0.291. The predicted molar refractivity (Wildman–Crippen MR) is 51.1 cm³/mol. The summed E-state index contributed by atoms with van der Waals surface area (Å²) in [7, 11) is 0. The highest BCUT2D eigenvalue weighted by atomic mass is 32.1. The Balaban J connectivity index is 2.68. The number of hydrogen-bond acceptors (Lipinski definition) is 2. The maximum absolute atomic E-state index is 5.71. The van der Waals surface area contributed by atoms with Gasteiger partial charge in [0.25, 0.3) is 0 Å². The molecule has 2 heteroatoms. The van der Waals surface area contributed by atoms with Gasteiger partial charge >= 0.3 is 0 Å². The molecule has 1 nitrogen and oxygen atoms in total. The first kappa shape index (κ1) is 8.75. The molecule has 0 aliphatic heterocycles. The van der Waals surface area contributed by atoms with Gasteiger partial charge in [0.15, 0.2) is 0 Å². The standard InChI is InChI=1S/C9H15NS/c1-3-8-4-5-11-9(8)6-7(2)10/h4-5,7H,3,6,10H2,1-2H3/t7-/m0/s1. The van der Waals surface area contributed by atoms with E-state index in [-0.39, 0.29) is 0 Å². The van der Waals surface area contributed by atoms with Gasteiger partial charge in [-0.15, -0.1) is 11.3 Å². The van der Waals surface area contributed by atoms with Crippen LogP contribution < -0.4 is 5.73 Å². The average Bonchev–Trinajstić information content (AvgIpc) is 2.34. The maximum Gasteiger partial charge on any atom is 0.00923 e. The van der Waals surface area contributed by atoms with Crippen molar-refractivity contribution in [3.8, 4) is 0 Å². The van der Waals surface area contributed by atoms with Crippen molar-refractivity contribution < 1.29 is 0 Å². The van der Waals surface area contributed by atoms with Gasteiger partial charge in [-0.2, -0.15) is 0 Å². The summed E-state index contributed by atoms with van der Waals surface area (Å²) in [5.41, 5.74) is 7.18. The summed E-state index contributed by atoms with van der Waals surface area (Å²) in [4.78, 5) is 1.46. The molecule has 0 radical (unpaired) electrons. The molecule has 0 fully saturated rings. The van der Waals surface area contributed by atoms with E-state index in [0.717, 1.165) is 12.8 Å². The zero-order chi connectivity index (χ0) is 8.27. The van der Waals surface area contributed by atoms with Crippen LogP contribution in [0.25, 0.3) is 0 Å². The van der Waals surface area contributed by atoms with Crippen LogP contribution in [-0.2, 0) is 12.8 Å². The van der Waals surface area contributed by atoms with Gasteiger partial charge in [-0.05, 0) is 36.8 Å². The highest BCUT2D eigenvalue weighted by molar-refractivity contribution is 7.10. The molecule has 0 saturated heterocycles. The van der Waals surface area contributed by atoms with E-state index in [2.05, 4.69) is 25.3 Å². The number of nitrogens with two attached hydrogens (primary N) is 1. The molecule has 0 amide bonds. The van der Waals surface area contributed by atoms with Gasteiger partial charge < -0.3 is 5.73 Å². The predicted octanol–water partition coefficient (Wildman–Crippen LogP) is 2.20. The Bertz CT molecular complexity index is 215. The molecule has 0 saturated carbocycles. The first-order valence-electron chi connectivity index (χ1n) is 4.04. The largest absolute Gasteiger partial charge is 0.328 e. The Hall–Kier alpha value is -0.340. The van der Waals surface area contributed by atoms with E-state index < -0.39 is 0 Å². The van der Waals surface area contributed by atoms with Crippen molar-refractivity contribution in [3.05, 3.63) is 21.9 Å². The maximum atomic E-state index is 5.71. The molecule has 1 aromatic heterocycles. The first-order valence-corrected chi connectivity index (χ1v) is 4.92. The van der Waals surface area contributed by atoms with Crippen molar-refractivity contribution in [2.45, 2.75) is 32.7 Å². The van der Waals surface area contributed by atoms with Gasteiger partial charge in [0.05, 0.1) is 0 Å². The number of thiophene rings is 1. The third-order valence-corrected chi connectivity index (χ3v) is 2.71. The molecule has 1 heterocycles. The van der Waals surface area contributed by atoms with E-state index in [9.17, 15) is 0 Å². The van der Waals surface area contributed by atoms with Crippen LogP contribution in [0.15, 0.2) is 11.4 Å². The number of aryl methyl sites for hydroxylation is 1. The van der Waals surface area contributed by atoms with Crippen LogP contribution in [0.5, 0.6) is 0 Å². The van der Waals surface area contributed by atoms with Crippen molar-refractivity contribution in [2.75, 3.05) is 0 Å². The van der Waals surface area contributed by atoms with Gasteiger partial charge in [-0.3, -0.25) is 0 Å². The fourth-order valence-corrected chi connectivity index (χ4v) is 2.27. The molecule has 11 heavy (non-hydrogen) atoms. The Morgan fingerprint density at radius 2 is 2.36 bits per heavy atom. The molecule has 0 spiro atoms. The molecule has 1 aromatic rings. The highest BCUT2D eigenvalue weighted by Crippen LogP contribution is 2.18. The molecule has 0 unspecified atom stereocenters. The molecule has 1 atom stereocenters. The van der Waals surface area contributed by atoms with Crippen LogP contribution in [-0.4, -0.2) is 6.04 Å². The third-order valence-electron chi connectivity index (χ3n) is 1.73. The van der Waals surface area contributed by atoms with Gasteiger partial charge in [0.2, 0.25) is 0 Å². The monoisotopic (exact) mass is 169 g/mol. The lowest BCUT2D eigenvalue weighted by atomic mass is 10.1. The molecular formula is C9H15NS. The van der Waals surface area contributed by atoms with E-state index in [1.807, 2.05) is 11.3 Å². The van der Waals surface area contributed by atoms with Crippen LogP contribution >= 0.6 is 11.3 Å². The van der Waals surface area contributed by atoms with Gasteiger partial charge in [-0.1, -0.05) is 6.92 Å². The van der Waals surface area contributed by atoms with Crippen LogP contribution in [0.1, 0.15) is 24.3 Å². The fraction of sp³-hybridized carbons (Fsp3) is 0.556. The minimum Gasteiger partial charge on any atom is -0.328 e. The number of hydrogen-bond donors (Lipinski definition) is 1. The summed E-state index contributed by atoms with van der Waals surface area (Å²) < 4.78 is 0. The van der Waals surface area contributed by atoms with E-state index in [1.54, 1.807) is 0 Å². The second kappa shape index (κ2) is 3.88. The summed E-state index contributed by atoms with van der Waals surface area (Å²) in [6.45, 7) is 4.24. The summed E-state index contributed by atoms with van der Waals surface area (Å²) >= 11 is 1.82. The minimum absolute atomic E-state index is 0.291. The zero-order valence-corrected chi connectivity index (χ0v) is 7.95. The molecule has 0 aliphatic rings. The summed E-state index contributed by atoms with van der Waals surface area (Å²) in [6, 6.07) is 2.49. The van der Waals surface area contributed by atoms with E-state index in [0.29, 0.717) is 6.04 Å². The fourth-order valence-electron chi connectivity index (χ4n) is 1.15. The summed E-state index contributed by atoms with van der Waals surface area (Å²) in [5, 5.41) is 2.15. The third kappa shape index (κ3) is 2.31. The quantitative estimate of drug-likeness (QED) is 0.737. The lowest BCUT2D eigenvalue weighted by Gasteiger charge is -2.03. The molecule has 1 rings (SSSR count). The normalized spacial score (nSPS) is 13.4. The second-order valence-corrected chi connectivity index (χ2v) is 3.90. The van der Waals surface area contributed by atoms with Gasteiger partial charge in [0, 0.05) is 10.9 Å². The van der Waals surface area contributed by atoms with Crippen molar-refractivity contribution in [1.29, 1.82) is 0 Å². The smallest absolute Gasteiger partial charge is 0.00923 e. The average molecular weight is 169 g/mol. The Morgan fingerprint density at radius 1 is 1.64 bits per heavy atom. The topological polar surface area (TPSA) is 26.0 Å². The van der Waals surface area contributed by atoms with Gasteiger partial charge in [-0.25, -0.2) is 0 Å². The van der Waals surface area contributed by atoms with Crippen LogP contribution in [0.2, 0.25) is 0 Å². The second-order valence-electron chi connectivity index (χ2n) is 2.90. The number of rotatable bonds is 3. The Morgan fingerprint density at radius 3 is 2.91 bits per heavy atom. The lowest BCUT2D eigenvalue weighted by molar-refractivity contribution is 0.741. The van der Waals surface area contributed by atoms with Crippen molar-refractivity contribution >= 4 is 11.3 Å². The van der Waals surface area contributed by atoms with E-state index in [4.69, 9.17) is 5.73 Å². The lowest BCUT2D eigenvalue weighted by Crippen LogP contribution is -2.17. The van der Waals surface area contributed by atoms with Crippen molar-refractivity contribution in [2.24, 2.45) is 5.73 Å². The zero-order valence-electron chi connectivity index (χ0n) is 7.13. The van der Waals surface area contributed by atoms with Crippen molar-refractivity contribution in [3.63, 3.8) is 0 Å². The van der Waals surface area contributed by atoms with Gasteiger partial charge in [0.1, 0.15) is 0 Å². The SMILES string of the molecule is CCc1ccsc1C[C@H](C)N. The summed E-state index contributed by atoms with van der Waals surface area (Å²) in [5.74, 6) is 0. The summed E-state index contributed by atoms with van der Waals surface area (Å²) in [6.07, 6.45) is 2.16. The van der Waals surface area contributed by atoms with E-state index >= 15 is 0 Å². The molecule has 0 bridgehead atoms. The first-order chi connectivity index (χ1) is 5.24. The molecular weight excluding hydrogens is 154 g/mol. The Labute approximate surface area is 72.2 Å². The van der Waals surface area contributed by atoms with Crippen LogP contribution in [0, 0.1) is 0 Å². The molecule has 62 valence electrons. The molecule has 2 N–H and O–H groups in total. The van der Waals surface area contributed by atoms with Crippen LogP contribution in [0.4, 0.5) is 0 Å². The van der Waals surface area contributed by atoms with Crippen LogP contribution in [0.3, 0.4) is 0 Å².